The molecular formula is C25H30F3N3O4. The van der Waals surface area contributed by atoms with Crippen LogP contribution >= 0.6 is 0 Å². The smallest absolute Gasteiger partial charge is 0.431 e. The first-order chi connectivity index (χ1) is 16.5. The summed E-state index contributed by atoms with van der Waals surface area (Å²) in [6, 6.07) is 7.80. The number of piperidine rings is 1. The summed E-state index contributed by atoms with van der Waals surface area (Å²) in [6.07, 6.45) is -4.45. The van der Waals surface area contributed by atoms with Gasteiger partial charge in [-0.2, -0.15) is 13.2 Å². The summed E-state index contributed by atoms with van der Waals surface area (Å²) >= 11 is 0. The summed E-state index contributed by atoms with van der Waals surface area (Å²) in [5.74, 6) is 0.553. The van der Waals surface area contributed by atoms with Crippen molar-refractivity contribution in [3.8, 4) is 5.75 Å². The van der Waals surface area contributed by atoms with Crippen LogP contribution in [0.15, 0.2) is 30.3 Å². The minimum Gasteiger partial charge on any atom is -0.491 e. The van der Waals surface area contributed by atoms with Crippen LogP contribution in [0, 0.1) is 6.92 Å². The Morgan fingerprint density at radius 3 is 2.29 bits per heavy atom. The second-order valence-corrected chi connectivity index (χ2v) is 9.35. The van der Waals surface area contributed by atoms with Gasteiger partial charge < -0.3 is 18.9 Å². The van der Waals surface area contributed by atoms with Crippen molar-refractivity contribution in [2.24, 2.45) is 0 Å². The van der Waals surface area contributed by atoms with Gasteiger partial charge >= 0.3 is 12.3 Å². The van der Waals surface area contributed by atoms with Crippen LogP contribution in [0.2, 0.25) is 0 Å². The van der Waals surface area contributed by atoms with Crippen LogP contribution in [0.5, 0.6) is 5.75 Å². The number of carbonyl (C=O) groups is 2. The second-order valence-electron chi connectivity index (χ2n) is 9.35. The number of methoxy groups -OCH3 is 1. The van der Waals surface area contributed by atoms with Gasteiger partial charge in [-0.05, 0) is 69.5 Å². The fourth-order valence-electron chi connectivity index (χ4n) is 5.25. The van der Waals surface area contributed by atoms with E-state index in [1.165, 1.54) is 22.6 Å². The van der Waals surface area contributed by atoms with Gasteiger partial charge in [-0.15, -0.1) is 0 Å². The second kappa shape index (κ2) is 9.13. The van der Waals surface area contributed by atoms with E-state index in [0.717, 1.165) is 11.6 Å². The van der Waals surface area contributed by atoms with Crippen LogP contribution in [0.4, 0.5) is 18.0 Å². The predicted octanol–water partition coefficient (Wildman–Crippen LogP) is 4.82. The Bertz CT molecular complexity index is 1120. The third-order valence-electron chi connectivity index (χ3n) is 6.87. The fraction of sp³-hybridized carbons (Fsp3) is 0.520. The van der Waals surface area contributed by atoms with Gasteiger partial charge in [0.25, 0.3) is 5.91 Å². The monoisotopic (exact) mass is 493 g/mol. The molecule has 0 saturated carbocycles. The first kappa shape index (κ1) is 24.9. The Balaban J connectivity index is 1.59. The van der Waals surface area contributed by atoms with Gasteiger partial charge in [0.05, 0.1) is 18.8 Å². The zero-order valence-electron chi connectivity index (χ0n) is 20.3. The van der Waals surface area contributed by atoms with E-state index in [0.29, 0.717) is 42.9 Å². The lowest BCUT2D eigenvalue weighted by molar-refractivity contribution is -0.144. The molecule has 0 unspecified atom stereocenters. The molecule has 2 aliphatic rings. The van der Waals surface area contributed by atoms with Crippen molar-refractivity contribution in [2.45, 2.75) is 58.0 Å². The van der Waals surface area contributed by atoms with E-state index in [1.54, 1.807) is 23.1 Å². The van der Waals surface area contributed by atoms with Crippen LogP contribution in [0.25, 0.3) is 0 Å². The highest BCUT2D eigenvalue weighted by atomic mass is 19.4. The molecule has 1 aromatic carbocycles. The molecule has 3 heterocycles. The number of fused-ring (bicyclic) bond motifs is 2. The number of rotatable bonds is 3. The number of hydrogen-bond acceptors (Lipinski definition) is 4. The minimum absolute atomic E-state index is 0.0126. The molecule has 2 amide bonds. The normalized spacial score (nSPS) is 17.5. The Morgan fingerprint density at radius 2 is 1.71 bits per heavy atom. The minimum atomic E-state index is -4.49. The van der Waals surface area contributed by atoms with Crippen molar-refractivity contribution in [1.29, 1.82) is 0 Å². The van der Waals surface area contributed by atoms with Crippen molar-refractivity contribution < 1.29 is 32.2 Å². The summed E-state index contributed by atoms with van der Waals surface area (Å²) < 4.78 is 52.7. The first-order valence-corrected chi connectivity index (χ1v) is 11.7. The number of halogens is 3. The van der Waals surface area contributed by atoms with Gasteiger partial charge in [0.2, 0.25) is 0 Å². The number of likely N-dealkylation sites (tertiary alicyclic amines) is 1. The van der Waals surface area contributed by atoms with E-state index in [2.05, 4.69) is 0 Å². The van der Waals surface area contributed by atoms with E-state index in [-0.39, 0.29) is 25.1 Å². The maximum atomic E-state index is 13.6. The zero-order valence-corrected chi connectivity index (χ0v) is 20.3. The average Bonchev–Trinajstić information content (AvgIpc) is 3.26. The SMILES string of the molecule is COC(=O)N1CCn2c(C(F)(F)F)ccc2C12CCN(C(=O)c1ccc(OC(C)C)c(C)c1)CC2. The number of aryl methyl sites for hydroxylation is 1. The molecule has 190 valence electrons. The van der Waals surface area contributed by atoms with Crippen LogP contribution in [-0.2, 0) is 23.0 Å². The summed E-state index contributed by atoms with van der Waals surface area (Å²) in [6.45, 7) is 6.45. The van der Waals surface area contributed by atoms with E-state index < -0.39 is 23.5 Å². The van der Waals surface area contributed by atoms with Crippen LogP contribution in [-0.4, -0.2) is 59.2 Å². The van der Waals surface area contributed by atoms with Crippen molar-refractivity contribution in [3.63, 3.8) is 0 Å². The first-order valence-electron chi connectivity index (χ1n) is 11.7. The quantitative estimate of drug-likeness (QED) is 0.615. The molecule has 10 heteroatoms. The van der Waals surface area contributed by atoms with Crippen molar-refractivity contribution >= 4 is 12.0 Å². The van der Waals surface area contributed by atoms with Gasteiger partial charge in [-0.25, -0.2) is 4.79 Å². The highest BCUT2D eigenvalue weighted by Crippen LogP contribution is 2.45. The van der Waals surface area contributed by atoms with Crippen molar-refractivity contribution in [3.05, 3.63) is 52.8 Å². The molecule has 35 heavy (non-hydrogen) atoms. The van der Waals surface area contributed by atoms with Gasteiger partial charge in [-0.3, -0.25) is 9.69 Å². The number of nitrogens with zero attached hydrogens (tertiary/aromatic N) is 3. The highest BCUT2D eigenvalue weighted by molar-refractivity contribution is 5.94. The fourth-order valence-corrected chi connectivity index (χ4v) is 5.25. The lowest BCUT2D eigenvalue weighted by Gasteiger charge is -2.51. The summed E-state index contributed by atoms with van der Waals surface area (Å²) in [7, 11) is 1.26. The average molecular weight is 494 g/mol. The number of amides is 2. The molecule has 0 atom stereocenters. The molecule has 4 rings (SSSR count). The number of benzene rings is 1. The molecule has 1 aromatic heterocycles. The Kier molecular flexibility index (Phi) is 6.50. The summed E-state index contributed by atoms with van der Waals surface area (Å²) in [5.41, 5.74) is 0.0929. The molecule has 0 aliphatic carbocycles. The third kappa shape index (κ3) is 4.46. The largest absolute Gasteiger partial charge is 0.491 e. The van der Waals surface area contributed by atoms with Gasteiger partial charge in [0, 0.05) is 37.4 Å². The maximum Gasteiger partial charge on any atom is 0.431 e. The summed E-state index contributed by atoms with van der Waals surface area (Å²) in [4.78, 5) is 29.1. The maximum absolute atomic E-state index is 13.6. The topological polar surface area (TPSA) is 64.0 Å². The lowest BCUT2D eigenvalue weighted by atomic mass is 9.81. The molecule has 1 saturated heterocycles. The van der Waals surface area contributed by atoms with Gasteiger partial charge in [0.15, 0.2) is 0 Å². The Hall–Kier alpha value is -3.17. The molecule has 0 N–H and O–H groups in total. The number of ether oxygens (including phenoxy) is 2. The molecule has 7 nitrogen and oxygen atoms in total. The number of alkyl halides is 3. The third-order valence-corrected chi connectivity index (χ3v) is 6.87. The highest BCUT2D eigenvalue weighted by Gasteiger charge is 2.50. The molecule has 2 aromatic rings. The van der Waals surface area contributed by atoms with Crippen LogP contribution in [0.1, 0.15) is 54.0 Å². The molecular weight excluding hydrogens is 463 g/mol. The van der Waals surface area contributed by atoms with E-state index in [4.69, 9.17) is 9.47 Å². The Morgan fingerprint density at radius 1 is 1.03 bits per heavy atom. The van der Waals surface area contributed by atoms with Crippen molar-refractivity contribution in [2.75, 3.05) is 26.7 Å². The van der Waals surface area contributed by atoms with Crippen LogP contribution in [0.3, 0.4) is 0 Å². The Labute approximate surface area is 202 Å². The molecule has 2 aliphatic heterocycles. The van der Waals surface area contributed by atoms with E-state index in [9.17, 15) is 22.8 Å². The molecule has 1 spiro atoms. The van der Waals surface area contributed by atoms with Crippen LogP contribution < -0.4 is 4.74 Å². The zero-order chi connectivity index (χ0) is 25.5. The van der Waals surface area contributed by atoms with Gasteiger partial charge in [0.1, 0.15) is 11.4 Å². The molecule has 0 radical (unpaired) electrons. The standard InChI is InChI=1S/C25H30F3N3O4/c1-16(2)35-19-6-5-18(15-17(19)3)22(32)29-11-9-24(10-12-29)20-7-8-21(25(26,27)28)30(20)13-14-31(24)23(33)34-4/h5-8,15-16H,9-14H2,1-4H3. The number of hydrogen-bond donors (Lipinski definition) is 0. The predicted molar refractivity (Wildman–Crippen MR) is 122 cm³/mol. The van der Waals surface area contributed by atoms with E-state index >= 15 is 0 Å². The molecule has 0 bridgehead atoms. The number of carbonyl (C=O) groups excluding carboxylic acids is 2. The van der Waals surface area contributed by atoms with Crippen molar-refractivity contribution in [1.82, 2.24) is 14.4 Å². The lowest BCUT2D eigenvalue weighted by Crippen LogP contribution is -2.60. The molecule has 1 fully saturated rings. The van der Waals surface area contributed by atoms with E-state index in [1.807, 2.05) is 20.8 Å². The summed E-state index contributed by atoms with van der Waals surface area (Å²) in [5, 5.41) is 0. The van der Waals surface area contributed by atoms with Gasteiger partial charge in [-0.1, -0.05) is 0 Å². The number of aromatic nitrogens is 1.